The number of ether oxygens (including phenoxy) is 1. The zero-order valence-electron chi connectivity index (χ0n) is 11.9. The maximum Gasteiger partial charge on any atom is 0.320 e. The lowest BCUT2D eigenvalue weighted by atomic mass is 9.90. The van der Waals surface area contributed by atoms with Crippen molar-refractivity contribution in [1.82, 2.24) is 10.2 Å². The van der Waals surface area contributed by atoms with Crippen LogP contribution in [0.4, 0.5) is 4.79 Å². The highest BCUT2D eigenvalue weighted by atomic mass is 16.5. The van der Waals surface area contributed by atoms with Crippen LogP contribution in [0.5, 0.6) is 5.75 Å². The molecular formula is C13H16N2O2. The average molecular weight is 234 g/mol. The van der Waals surface area contributed by atoms with Crippen molar-refractivity contribution in [2.24, 2.45) is 0 Å². The van der Waals surface area contributed by atoms with Gasteiger partial charge in [0.25, 0.3) is 0 Å². The Morgan fingerprint density at radius 1 is 1.65 bits per heavy atom. The third-order valence-electron chi connectivity index (χ3n) is 3.40. The van der Waals surface area contributed by atoms with Crippen molar-refractivity contribution in [2.75, 3.05) is 6.50 Å². The molecule has 2 atom stereocenters. The van der Waals surface area contributed by atoms with Crippen molar-refractivity contribution in [3.8, 4) is 5.75 Å². The molecule has 2 aliphatic rings. The van der Waals surface area contributed by atoms with Crippen molar-refractivity contribution in [1.29, 1.82) is 0 Å². The lowest BCUT2D eigenvalue weighted by molar-refractivity contribution is -0.0815. The van der Waals surface area contributed by atoms with Crippen LogP contribution in [0.3, 0.4) is 0 Å². The highest BCUT2D eigenvalue weighted by Gasteiger charge is 2.48. The minimum Gasteiger partial charge on any atom is -0.468 e. The van der Waals surface area contributed by atoms with Gasteiger partial charge >= 0.3 is 6.03 Å². The van der Waals surface area contributed by atoms with Gasteiger partial charge in [-0.25, -0.2) is 4.79 Å². The molecule has 0 spiro atoms. The van der Waals surface area contributed by atoms with Crippen LogP contribution in [0.1, 0.15) is 34.6 Å². The van der Waals surface area contributed by atoms with Crippen LogP contribution in [0.2, 0.25) is 0 Å². The molecule has 2 amide bonds. The second kappa shape index (κ2) is 3.39. The molecule has 1 saturated heterocycles. The molecule has 2 bridgehead atoms. The van der Waals surface area contributed by atoms with Gasteiger partial charge in [-0.15, -0.1) is 0 Å². The van der Waals surface area contributed by atoms with E-state index in [1.54, 1.807) is 6.92 Å². The lowest BCUT2D eigenvalue weighted by Gasteiger charge is -2.50. The summed E-state index contributed by atoms with van der Waals surface area (Å²) in [5.74, 6) is 0.704. The molecule has 0 radical (unpaired) electrons. The standard InChI is InChI=1S/C13H16N2O2/c1-3-15-12(16)14-10-8-13(15,2)17-11-7-5-4-6-9(10)11/h4-7,10H,3,8H2,1-2H3,(H,14,16)/i3D2. The summed E-state index contributed by atoms with van der Waals surface area (Å²) >= 11 is 0. The van der Waals surface area contributed by atoms with E-state index >= 15 is 0 Å². The number of carbonyl (C=O) groups excluding carboxylic acids is 1. The molecule has 3 rings (SSSR count). The summed E-state index contributed by atoms with van der Waals surface area (Å²) in [6.07, 6.45) is 0.531. The maximum absolute atomic E-state index is 12.2. The summed E-state index contributed by atoms with van der Waals surface area (Å²) in [5, 5.41) is 2.85. The smallest absolute Gasteiger partial charge is 0.320 e. The van der Waals surface area contributed by atoms with Gasteiger partial charge < -0.3 is 10.1 Å². The zero-order valence-corrected chi connectivity index (χ0v) is 9.86. The number of hydrogen-bond donors (Lipinski definition) is 1. The molecule has 2 unspecified atom stereocenters. The number of nitrogens with one attached hydrogen (secondary N) is 1. The van der Waals surface area contributed by atoms with Crippen LogP contribution in [0, 0.1) is 0 Å². The van der Waals surface area contributed by atoms with Crippen LogP contribution in [-0.4, -0.2) is 23.2 Å². The first-order valence-corrected chi connectivity index (χ1v) is 5.70. The number of benzene rings is 1. The van der Waals surface area contributed by atoms with Gasteiger partial charge in [0.05, 0.1) is 6.04 Å². The zero-order chi connectivity index (χ0) is 13.8. The van der Waals surface area contributed by atoms with E-state index in [1.807, 2.05) is 24.3 Å². The first-order chi connectivity index (χ1) is 8.81. The van der Waals surface area contributed by atoms with E-state index in [0.29, 0.717) is 12.2 Å². The molecule has 17 heavy (non-hydrogen) atoms. The van der Waals surface area contributed by atoms with Crippen LogP contribution in [0.15, 0.2) is 24.3 Å². The van der Waals surface area contributed by atoms with Gasteiger partial charge in [0.15, 0.2) is 5.72 Å². The van der Waals surface area contributed by atoms with Crippen LogP contribution in [0.25, 0.3) is 0 Å². The van der Waals surface area contributed by atoms with Crippen LogP contribution in [-0.2, 0) is 0 Å². The molecule has 1 aromatic carbocycles. The number of rotatable bonds is 1. The average Bonchev–Trinajstić information content (AvgIpc) is 2.25. The quantitative estimate of drug-likeness (QED) is 0.810. The molecule has 1 fully saturated rings. The van der Waals surface area contributed by atoms with E-state index in [4.69, 9.17) is 7.48 Å². The van der Waals surface area contributed by atoms with E-state index < -0.39 is 18.3 Å². The van der Waals surface area contributed by atoms with Gasteiger partial charge in [-0.05, 0) is 19.9 Å². The molecular weight excluding hydrogens is 216 g/mol. The molecule has 90 valence electrons. The predicted octanol–water partition coefficient (Wildman–Crippen LogP) is 2.27. The number of hydrogen-bond acceptors (Lipinski definition) is 2. The first kappa shape index (κ1) is 8.39. The number of amides is 2. The van der Waals surface area contributed by atoms with E-state index in [-0.39, 0.29) is 6.04 Å². The summed E-state index contributed by atoms with van der Waals surface area (Å²) in [6.45, 7) is 1.34. The van der Waals surface area contributed by atoms with Gasteiger partial charge in [0, 0.05) is 21.2 Å². The van der Waals surface area contributed by atoms with Crippen molar-refractivity contribution in [2.45, 2.75) is 32.0 Å². The fraction of sp³-hybridized carbons (Fsp3) is 0.462. The number of urea groups is 1. The highest BCUT2D eigenvalue weighted by molar-refractivity contribution is 5.77. The van der Waals surface area contributed by atoms with Crippen molar-refractivity contribution in [3.05, 3.63) is 29.8 Å². The Kier molecular flexibility index (Phi) is 1.67. The van der Waals surface area contributed by atoms with Gasteiger partial charge in [0.1, 0.15) is 5.75 Å². The second-order valence-corrected chi connectivity index (χ2v) is 4.58. The Morgan fingerprint density at radius 2 is 2.41 bits per heavy atom. The molecule has 0 saturated carbocycles. The molecule has 0 aromatic heterocycles. The van der Waals surface area contributed by atoms with Crippen LogP contribution < -0.4 is 10.1 Å². The van der Waals surface area contributed by atoms with Gasteiger partial charge in [-0.2, -0.15) is 0 Å². The normalized spacial score (nSPS) is 32.9. The van der Waals surface area contributed by atoms with E-state index in [2.05, 4.69) is 5.32 Å². The minimum absolute atomic E-state index is 0.124. The monoisotopic (exact) mass is 234 g/mol. The predicted molar refractivity (Wildman–Crippen MR) is 63.7 cm³/mol. The number of nitrogens with zero attached hydrogens (tertiary/aromatic N) is 1. The molecule has 4 nitrogen and oxygen atoms in total. The third kappa shape index (κ3) is 1.40. The Morgan fingerprint density at radius 3 is 3.18 bits per heavy atom. The maximum atomic E-state index is 12.2. The van der Waals surface area contributed by atoms with E-state index in [9.17, 15) is 4.79 Å². The minimum atomic E-state index is -1.78. The number of fused-ring (bicyclic) bond motifs is 4. The second-order valence-electron chi connectivity index (χ2n) is 4.58. The highest BCUT2D eigenvalue weighted by Crippen LogP contribution is 2.43. The molecule has 2 heterocycles. The molecule has 4 heteroatoms. The van der Waals surface area contributed by atoms with E-state index in [0.717, 1.165) is 10.5 Å². The van der Waals surface area contributed by atoms with Crippen molar-refractivity contribution >= 4 is 6.03 Å². The SMILES string of the molecule is [2H]C([2H])(C)N1C(=O)NC2CC1(C)Oc1ccccc12. The largest absolute Gasteiger partial charge is 0.468 e. The summed E-state index contributed by atoms with van der Waals surface area (Å²) < 4.78 is 21.6. The van der Waals surface area contributed by atoms with Gasteiger partial charge in [0.2, 0.25) is 0 Å². The molecule has 1 aromatic rings. The fourth-order valence-electron chi connectivity index (χ4n) is 2.66. The topological polar surface area (TPSA) is 41.6 Å². The van der Waals surface area contributed by atoms with Gasteiger partial charge in [-0.1, -0.05) is 18.2 Å². The molecule has 2 aliphatic heterocycles. The Hall–Kier alpha value is -1.71. The Balaban J connectivity index is 2.09. The van der Waals surface area contributed by atoms with Crippen LogP contribution >= 0.6 is 0 Å². The molecule has 0 aliphatic carbocycles. The van der Waals surface area contributed by atoms with E-state index in [1.165, 1.54) is 6.92 Å². The summed E-state index contributed by atoms with van der Waals surface area (Å²) in [5.41, 5.74) is -0.00999. The lowest BCUT2D eigenvalue weighted by Crippen LogP contribution is -2.64. The van der Waals surface area contributed by atoms with Gasteiger partial charge in [-0.3, -0.25) is 4.90 Å². The molecule has 1 N–H and O–H groups in total. The Labute approximate surface area is 103 Å². The Bertz CT molecular complexity index is 544. The summed E-state index contributed by atoms with van der Waals surface area (Å²) in [7, 11) is 0. The summed E-state index contributed by atoms with van der Waals surface area (Å²) in [6, 6.07) is 7.00. The fourth-order valence-corrected chi connectivity index (χ4v) is 2.66. The number of carbonyl (C=O) groups is 1. The van der Waals surface area contributed by atoms with Crippen molar-refractivity contribution < 1.29 is 12.3 Å². The third-order valence-corrected chi connectivity index (χ3v) is 3.40. The summed E-state index contributed by atoms with van der Waals surface area (Å²) in [4.78, 5) is 13.3. The number of para-hydroxylation sites is 1. The first-order valence-electron chi connectivity index (χ1n) is 6.70. The van der Waals surface area contributed by atoms with Crippen molar-refractivity contribution in [3.63, 3.8) is 0 Å².